The van der Waals surface area contributed by atoms with Crippen molar-refractivity contribution in [1.29, 1.82) is 0 Å². The lowest BCUT2D eigenvalue weighted by atomic mass is 10.1. The topological polar surface area (TPSA) is 17.1 Å². The minimum absolute atomic E-state index is 0.0827. The van der Waals surface area contributed by atoms with Crippen LogP contribution in [0.15, 0.2) is 18.2 Å². The molecule has 0 aromatic heterocycles. The van der Waals surface area contributed by atoms with Gasteiger partial charge in [-0.3, -0.25) is 4.79 Å². The van der Waals surface area contributed by atoms with Gasteiger partial charge in [-0.05, 0) is 24.6 Å². The van der Waals surface area contributed by atoms with E-state index >= 15 is 0 Å². The third kappa shape index (κ3) is 4.42. The minimum atomic E-state index is 0.0827. The highest BCUT2D eigenvalue weighted by molar-refractivity contribution is 8.13. The van der Waals surface area contributed by atoms with Gasteiger partial charge in [0.2, 0.25) is 0 Å². The smallest absolute Gasteiger partial charge is 0.186 e. The van der Waals surface area contributed by atoms with Crippen LogP contribution in [0.2, 0.25) is 5.02 Å². The Balaban J connectivity index is 2.67. The number of hydrogen-bond donors (Lipinski definition) is 0. The number of thioether (sulfide) groups is 1. The van der Waals surface area contributed by atoms with Gasteiger partial charge in [-0.25, -0.2) is 0 Å². The number of halogens is 1. The average Bonchev–Trinajstić information content (AvgIpc) is 2.14. The van der Waals surface area contributed by atoms with Crippen molar-refractivity contribution in [3.05, 3.63) is 34.3 Å². The first kappa shape index (κ1) is 12.2. The molecule has 0 fully saturated rings. The van der Waals surface area contributed by atoms with Crippen molar-refractivity contribution >= 4 is 28.5 Å². The zero-order chi connectivity index (χ0) is 11.3. The van der Waals surface area contributed by atoms with E-state index in [4.69, 9.17) is 11.6 Å². The highest BCUT2D eigenvalue weighted by Gasteiger charge is 1.96. The first-order valence-corrected chi connectivity index (χ1v) is 5.84. The van der Waals surface area contributed by atoms with Crippen molar-refractivity contribution in [2.75, 3.05) is 5.75 Å². The molecule has 78 valence electrons. The van der Waals surface area contributed by atoms with Crippen LogP contribution in [0.4, 0.5) is 0 Å². The molecule has 3 heteroatoms. The van der Waals surface area contributed by atoms with Crippen LogP contribution in [0, 0.1) is 18.8 Å². The normalized spacial score (nSPS) is 9.27. The molecular weight excluding hydrogens is 228 g/mol. The first-order valence-electron chi connectivity index (χ1n) is 4.48. The second kappa shape index (κ2) is 5.85. The molecule has 0 N–H and O–H groups in total. The summed E-state index contributed by atoms with van der Waals surface area (Å²) in [7, 11) is 0. The highest BCUT2D eigenvalue weighted by Crippen LogP contribution is 2.16. The summed E-state index contributed by atoms with van der Waals surface area (Å²) in [5.74, 6) is 6.35. The third-order valence-electron chi connectivity index (χ3n) is 1.70. The molecule has 0 unspecified atom stereocenters. The average molecular weight is 239 g/mol. The molecule has 0 bridgehead atoms. The fraction of sp³-hybridized carbons (Fsp3) is 0.250. The lowest BCUT2D eigenvalue weighted by molar-refractivity contribution is -0.109. The monoisotopic (exact) mass is 238 g/mol. The Morgan fingerprint density at radius 1 is 1.53 bits per heavy atom. The van der Waals surface area contributed by atoms with Crippen LogP contribution in [0.25, 0.3) is 0 Å². The number of hydrogen-bond acceptors (Lipinski definition) is 2. The summed E-state index contributed by atoms with van der Waals surface area (Å²) in [5, 5.41) is 0.745. The lowest BCUT2D eigenvalue weighted by Gasteiger charge is -1.96. The van der Waals surface area contributed by atoms with Crippen LogP contribution in [0.1, 0.15) is 18.1 Å². The molecule has 0 atom stereocenters. The van der Waals surface area contributed by atoms with Crippen molar-refractivity contribution in [3.63, 3.8) is 0 Å². The van der Waals surface area contributed by atoms with Crippen LogP contribution in [0.3, 0.4) is 0 Å². The predicted molar refractivity (Wildman–Crippen MR) is 66.2 cm³/mol. The molecule has 0 heterocycles. The molecule has 1 rings (SSSR count). The molecule has 0 radical (unpaired) electrons. The molecule has 0 aliphatic heterocycles. The molecule has 0 aliphatic rings. The second-order valence-electron chi connectivity index (χ2n) is 3.07. The van der Waals surface area contributed by atoms with Gasteiger partial charge >= 0.3 is 0 Å². The standard InChI is InChI=1S/C12H11ClOS/c1-9-5-6-11(12(13)8-9)4-3-7-15-10(2)14/h5-6,8H,7H2,1-2H3. The maximum Gasteiger partial charge on any atom is 0.186 e. The summed E-state index contributed by atoms with van der Waals surface area (Å²) in [4.78, 5) is 10.6. The van der Waals surface area contributed by atoms with Gasteiger partial charge < -0.3 is 0 Å². The molecule has 0 amide bonds. The van der Waals surface area contributed by atoms with E-state index < -0.39 is 0 Å². The fourth-order valence-corrected chi connectivity index (χ4v) is 1.62. The molecule has 0 saturated heterocycles. The van der Waals surface area contributed by atoms with Crippen molar-refractivity contribution in [1.82, 2.24) is 0 Å². The van der Waals surface area contributed by atoms with E-state index in [1.807, 2.05) is 25.1 Å². The predicted octanol–water partition coefficient (Wildman–Crippen LogP) is 3.28. The molecule has 1 nitrogen and oxygen atoms in total. The first-order chi connectivity index (χ1) is 7.09. The Morgan fingerprint density at radius 3 is 2.87 bits per heavy atom. The Kier molecular flexibility index (Phi) is 4.74. The van der Waals surface area contributed by atoms with E-state index in [2.05, 4.69) is 11.8 Å². The molecule has 0 saturated carbocycles. The van der Waals surface area contributed by atoms with Crippen molar-refractivity contribution < 1.29 is 4.79 Å². The summed E-state index contributed by atoms with van der Waals surface area (Å²) in [6, 6.07) is 5.74. The maximum absolute atomic E-state index is 10.6. The van der Waals surface area contributed by atoms with Gasteiger partial charge in [-0.15, -0.1) is 0 Å². The van der Waals surface area contributed by atoms with Gasteiger partial charge in [0.05, 0.1) is 10.8 Å². The summed E-state index contributed by atoms with van der Waals surface area (Å²) in [6.45, 7) is 3.51. The number of aryl methyl sites for hydroxylation is 1. The van der Waals surface area contributed by atoms with E-state index in [0.717, 1.165) is 11.1 Å². The van der Waals surface area contributed by atoms with Crippen molar-refractivity contribution in [2.24, 2.45) is 0 Å². The summed E-state index contributed by atoms with van der Waals surface area (Å²) in [6.07, 6.45) is 0. The fourth-order valence-electron chi connectivity index (χ4n) is 0.991. The Hall–Kier alpha value is -0.910. The largest absolute Gasteiger partial charge is 0.288 e. The van der Waals surface area contributed by atoms with Gasteiger partial charge in [0.15, 0.2) is 5.12 Å². The molecule has 1 aromatic carbocycles. The number of benzene rings is 1. The molecule has 0 spiro atoms. The van der Waals surface area contributed by atoms with Crippen molar-refractivity contribution in [2.45, 2.75) is 13.8 Å². The van der Waals surface area contributed by atoms with Gasteiger partial charge in [-0.2, -0.15) is 0 Å². The maximum atomic E-state index is 10.6. The van der Waals surface area contributed by atoms with Crippen LogP contribution < -0.4 is 0 Å². The summed E-state index contributed by atoms with van der Waals surface area (Å²) < 4.78 is 0. The summed E-state index contributed by atoms with van der Waals surface area (Å²) in [5.41, 5.74) is 1.93. The van der Waals surface area contributed by atoms with Gasteiger partial charge in [-0.1, -0.05) is 41.3 Å². The Labute approximate surface area is 99.2 Å². The van der Waals surface area contributed by atoms with Crippen LogP contribution in [-0.2, 0) is 4.79 Å². The van der Waals surface area contributed by atoms with Crippen molar-refractivity contribution in [3.8, 4) is 11.8 Å². The number of carbonyl (C=O) groups excluding carboxylic acids is 1. The Morgan fingerprint density at radius 2 is 2.27 bits per heavy atom. The lowest BCUT2D eigenvalue weighted by Crippen LogP contribution is -1.83. The quantitative estimate of drug-likeness (QED) is 0.699. The Bertz CT molecular complexity index is 429. The molecule has 0 aliphatic carbocycles. The van der Waals surface area contributed by atoms with Gasteiger partial charge in [0.25, 0.3) is 0 Å². The van der Waals surface area contributed by atoms with Gasteiger partial charge in [0.1, 0.15) is 0 Å². The minimum Gasteiger partial charge on any atom is -0.288 e. The zero-order valence-corrected chi connectivity index (χ0v) is 10.2. The molecule has 1 aromatic rings. The van der Waals surface area contributed by atoms with E-state index in [1.165, 1.54) is 18.7 Å². The molecular formula is C12H11ClOS. The van der Waals surface area contributed by atoms with Crippen LogP contribution >= 0.6 is 23.4 Å². The van der Waals surface area contributed by atoms with E-state index in [-0.39, 0.29) is 5.12 Å². The highest BCUT2D eigenvalue weighted by atomic mass is 35.5. The second-order valence-corrected chi connectivity index (χ2v) is 4.62. The number of rotatable bonds is 1. The van der Waals surface area contributed by atoms with E-state index in [9.17, 15) is 4.79 Å². The molecule has 15 heavy (non-hydrogen) atoms. The van der Waals surface area contributed by atoms with E-state index in [0.29, 0.717) is 10.8 Å². The van der Waals surface area contributed by atoms with Gasteiger partial charge in [0, 0.05) is 12.5 Å². The SMILES string of the molecule is CC(=O)SCC#Cc1ccc(C)cc1Cl. The van der Waals surface area contributed by atoms with E-state index in [1.54, 1.807) is 0 Å². The third-order valence-corrected chi connectivity index (χ3v) is 2.70. The van der Waals surface area contributed by atoms with Crippen LogP contribution in [-0.4, -0.2) is 10.9 Å². The number of carbonyl (C=O) groups is 1. The summed E-state index contributed by atoms with van der Waals surface area (Å²) >= 11 is 7.20. The van der Waals surface area contributed by atoms with Crippen LogP contribution in [0.5, 0.6) is 0 Å². The zero-order valence-electron chi connectivity index (χ0n) is 8.63.